The van der Waals surface area contributed by atoms with Crippen LogP contribution in [0.1, 0.15) is 11.3 Å². The first-order valence-electron chi connectivity index (χ1n) is 6.69. The first kappa shape index (κ1) is 14.0. The highest BCUT2D eigenvalue weighted by Gasteiger charge is 2.04. The Bertz CT molecular complexity index is 802. The molecule has 0 amide bonds. The van der Waals surface area contributed by atoms with Gasteiger partial charge in [0.2, 0.25) is 5.88 Å². The summed E-state index contributed by atoms with van der Waals surface area (Å²) >= 11 is 3.47. The quantitative estimate of drug-likeness (QED) is 0.759. The Morgan fingerprint density at radius 3 is 2.57 bits per heavy atom. The fraction of sp³-hybridized carbons (Fsp3) is 0.118. The van der Waals surface area contributed by atoms with Crippen LogP contribution in [0.25, 0.3) is 10.8 Å². The van der Waals surface area contributed by atoms with E-state index in [9.17, 15) is 0 Å². The van der Waals surface area contributed by atoms with Crippen LogP contribution in [0.2, 0.25) is 0 Å². The van der Waals surface area contributed by atoms with Crippen LogP contribution >= 0.6 is 15.9 Å². The molecule has 0 aliphatic rings. The number of pyridine rings is 1. The number of rotatable bonds is 3. The van der Waals surface area contributed by atoms with Crippen LogP contribution in [0.4, 0.5) is 0 Å². The Labute approximate surface area is 131 Å². The van der Waals surface area contributed by atoms with E-state index < -0.39 is 0 Å². The smallest absolute Gasteiger partial charge is 0.219 e. The molecule has 0 fully saturated rings. The molecule has 0 saturated carbocycles. The molecule has 0 bridgehead atoms. The van der Waals surface area contributed by atoms with Crippen LogP contribution in [0.3, 0.4) is 0 Å². The van der Waals surface area contributed by atoms with Gasteiger partial charge in [0.25, 0.3) is 0 Å². The van der Waals surface area contributed by atoms with Gasteiger partial charge in [-0.15, -0.1) is 0 Å². The summed E-state index contributed by atoms with van der Waals surface area (Å²) in [4.78, 5) is 4.42. The van der Waals surface area contributed by atoms with Crippen LogP contribution < -0.4 is 10.5 Å². The third-order valence-corrected chi connectivity index (χ3v) is 3.88. The van der Waals surface area contributed by atoms with E-state index in [0.717, 1.165) is 26.9 Å². The van der Waals surface area contributed by atoms with Crippen LogP contribution in [0, 0.1) is 6.92 Å². The molecule has 106 valence electrons. The van der Waals surface area contributed by atoms with Gasteiger partial charge < -0.3 is 10.5 Å². The minimum atomic E-state index is 0.490. The molecule has 4 heteroatoms. The summed E-state index contributed by atoms with van der Waals surface area (Å²) in [6, 6.07) is 16.0. The van der Waals surface area contributed by atoms with Crippen molar-refractivity contribution in [2.75, 3.05) is 0 Å². The molecule has 3 aromatic rings. The summed E-state index contributed by atoms with van der Waals surface area (Å²) in [6.07, 6.45) is 0. The average Bonchev–Trinajstić information content (AvgIpc) is 2.48. The number of hydrogen-bond acceptors (Lipinski definition) is 3. The Balaban J connectivity index is 1.91. The molecule has 21 heavy (non-hydrogen) atoms. The number of benzene rings is 2. The number of ether oxygens (including phenoxy) is 1. The van der Waals surface area contributed by atoms with Gasteiger partial charge in [-0.05, 0) is 47.5 Å². The second-order valence-electron chi connectivity index (χ2n) is 4.85. The Hall–Kier alpha value is -1.91. The van der Waals surface area contributed by atoms with Crippen molar-refractivity contribution in [3.8, 4) is 11.6 Å². The molecule has 0 unspecified atom stereocenters. The van der Waals surface area contributed by atoms with Crippen molar-refractivity contribution < 1.29 is 4.74 Å². The molecule has 0 atom stereocenters. The fourth-order valence-electron chi connectivity index (χ4n) is 2.22. The summed E-state index contributed by atoms with van der Waals surface area (Å²) in [6.45, 7) is 2.43. The van der Waals surface area contributed by atoms with Gasteiger partial charge in [0.1, 0.15) is 5.75 Å². The first-order valence-corrected chi connectivity index (χ1v) is 7.49. The van der Waals surface area contributed by atoms with E-state index in [1.807, 2.05) is 43.3 Å². The highest BCUT2D eigenvalue weighted by Crippen LogP contribution is 2.27. The third-order valence-electron chi connectivity index (χ3n) is 3.39. The largest absolute Gasteiger partial charge is 0.439 e. The van der Waals surface area contributed by atoms with Crippen molar-refractivity contribution in [3.63, 3.8) is 0 Å². The van der Waals surface area contributed by atoms with Gasteiger partial charge in [0.05, 0.1) is 0 Å². The summed E-state index contributed by atoms with van der Waals surface area (Å²) in [5.41, 5.74) is 7.58. The maximum absolute atomic E-state index is 5.83. The number of nitrogens with zero attached hydrogens (tertiary/aromatic N) is 1. The van der Waals surface area contributed by atoms with E-state index in [1.165, 1.54) is 5.39 Å². The van der Waals surface area contributed by atoms with E-state index in [0.29, 0.717) is 12.4 Å². The third kappa shape index (κ3) is 3.06. The van der Waals surface area contributed by atoms with Crippen molar-refractivity contribution in [2.24, 2.45) is 5.73 Å². The van der Waals surface area contributed by atoms with E-state index >= 15 is 0 Å². The van der Waals surface area contributed by atoms with Gasteiger partial charge in [0, 0.05) is 22.8 Å². The van der Waals surface area contributed by atoms with Crippen LogP contribution in [-0.2, 0) is 6.54 Å². The monoisotopic (exact) mass is 342 g/mol. The normalized spacial score (nSPS) is 10.8. The Kier molecular flexibility index (Phi) is 3.90. The average molecular weight is 343 g/mol. The predicted molar refractivity (Wildman–Crippen MR) is 88.6 cm³/mol. The molecule has 0 aliphatic heterocycles. The minimum absolute atomic E-state index is 0.490. The molecule has 1 heterocycles. The standard InChI is InChI=1S/C17H15BrN2O/c1-11-14(10-19)4-7-17(20-11)21-16-6-3-12-8-15(18)5-2-13(12)9-16/h2-9H,10,19H2,1H3. The summed E-state index contributed by atoms with van der Waals surface area (Å²) < 4.78 is 6.90. The van der Waals surface area contributed by atoms with Crippen molar-refractivity contribution in [2.45, 2.75) is 13.5 Å². The molecule has 0 saturated heterocycles. The maximum Gasteiger partial charge on any atom is 0.219 e. The predicted octanol–water partition coefficient (Wildman–Crippen LogP) is 4.56. The molecule has 3 nitrogen and oxygen atoms in total. The number of hydrogen-bond donors (Lipinski definition) is 1. The molecular formula is C17H15BrN2O. The van der Waals surface area contributed by atoms with Crippen molar-refractivity contribution in [1.82, 2.24) is 4.98 Å². The van der Waals surface area contributed by atoms with Gasteiger partial charge in [0.15, 0.2) is 0 Å². The molecule has 0 aliphatic carbocycles. The summed E-state index contributed by atoms with van der Waals surface area (Å²) in [7, 11) is 0. The summed E-state index contributed by atoms with van der Waals surface area (Å²) in [5, 5.41) is 2.30. The van der Waals surface area contributed by atoms with Gasteiger partial charge in [-0.3, -0.25) is 0 Å². The molecule has 3 rings (SSSR count). The molecular weight excluding hydrogens is 328 g/mol. The highest BCUT2D eigenvalue weighted by atomic mass is 79.9. The lowest BCUT2D eigenvalue weighted by molar-refractivity contribution is 0.462. The molecule has 0 radical (unpaired) electrons. The Morgan fingerprint density at radius 1 is 1.05 bits per heavy atom. The minimum Gasteiger partial charge on any atom is -0.439 e. The second-order valence-corrected chi connectivity index (χ2v) is 5.77. The van der Waals surface area contributed by atoms with Gasteiger partial charge in [-0.25, -0.2) is 4.98 Å². The van der Waals surface area contributed by atoms with Crippen LogP contribution in [0.5, 0.6) is 11.6 Å². The SMILES string of the molecule is Cc1nc(Oc2ccc3cc(Br)ccc3c2)ccc1CN. The number of aromatic nitrogens is 1. The Morgan fingerprint density at radius 2 is 1.81 bits per heavy atom. The van der Waals surface area contributed by atoms with Crippen molar-refractivity contribution in [1.29, 1.82) is 0 Å². The zero-order valence-electron chi connectivity index (χ0n) is 11.6. The zero-order valence-corrected chi connectivity index (χ0v) is 13.2. The van der Waals surface area contributed by atoms with E-state index in [4.69, 9.17) is 10.5 Å². The lowest BCUT2D eigenvalue weighted by Gasteiger charge is -2.08. The first-order chi connectivity index (χ1) is 10.2. The highest BCUT2D eigenvalue weighted by molar-refractivity contribution is 9.10. The van der Waals surface area contributed by atoms with Crippen molar-refractivity contribution in [3.05, 3.63) is 64.3 Å². The number of nitrogens with two attached hydrogens (primary N) is 1. The lowest BCUT2D eigenvalue weighted by Crippen LogP contribution is -2.01. The van der Waals surface area contributed by atoms with Gasteiger partial charge in [-0.2, -0.15) is 0 Å². The number of aryl methyl sites for hydroxylation is 1. The van der Waals surface area contributed by atoms with Crippen molar-refractivity contribution >= 4 is 26.7 Å². The number of halogens is 1. The van der Waals surface area contributed by atoms with E-state index in [2.05, 4.69) is 33.0 Å². The number of fused-ring (bicyclic) bond motifs is 1. The van der Waals surface area contributed by atoms with Crippen LogP contribution in [0.15, 0.2) is 53.0 Å². The fourth-order valence-corrected chi connectivity index (χ4v) is 2.60. The second kappa shape index (κ2) is 5.84. The van der Waals surface area contributed by atoms with E-state index in [1.54, 1.807) is 0 Å². The molecule has 1 aromatic heterocycles. The zero-order chi connectivity index (χ0) is 14.8. The summed E-state index contributed by atoms with van der Waals surface area (Å²) in [5.74, 6) is 1.36. The lowest BCUT2D eigenvalue weighted by atomic mass is 10.1. The topological polar surface area (TPSA) is 48.1 Å². The molecule has 2 aromatic carbocycles. The van der Waals surface area contributed by atoms with E-state index in [-0.39, 0.29) is 0 Å². The van der Waals surface area contributed by atoms with Gasteiger partial charge in [-0.1, -0.05) is 34.1 Å². The maximum atomic E-state index is 5.83. The van der Waals surface area contributed by atoms with Gasteiger partial charge >= 0.3 is 0 Å². The molecule has 0 spiro atoms. The van der Waals surface area contributed by atoms with Crippen LogP contribution in [-0.4, -0.2) is 4.98 Å². The molecule has 2 N–H and O–H groups in total.